The van der Waals surface area contributed by atoms with Crippen LogP contribution in [-0.4, -0.2) is 21.4 Å². The maximum absolute atomic E-state index is 9.54. The molecule has 0 rings (SSSR count). The normalized spacial score (nSPS) is 18.1. The lowest BCUT2D eigenvalue weighted by molar-refractivity contribution is 0.173. The van der Waals surface area contributed by atoms with Crippen LogP contribution in [0.3, 0.4) is 0 Å². The summed E-state index contributed by atoms with van der Waals surface area (Å²) in [5.41, 5.74) is -0.307. The first kappa shape index (κ1) is 15.1. The van der Waals surface area contributed by atoms with Gasteiger partial charge in [-0.1, -0.05) is 35.0 Å². The van der Waals surface area contributed by atoms with E-state index in [1.165, 1.54) is 37.1 Å². The summed E-state index contributed by atoms with van der Waals surface area (Å²) in [5, 5.41) is 19.1. The average molecular weight is 259 g/mol. The Morgan fingerprint density at radius 2 is 1.19 bits per heavy atom. The second kappa shape index (κ2) is 6.63. The number of aliphatic hydroxyl groups is 2. The SMILES string of the molecule is CC(O)(C#CC#CC(C)(O)/C=C/Cl)/C=C/Cl. The highest BCUT2D eigenvalue weighted by molar-refractivity contribution is 6.25. The molecule has 4 heteroatoms. The van der Waals surface area contributed by atoms with Crippen molar-refractivity contribution in [3.8, 4) is 23.7 Å². The summed E-state index contributed by atoms with van der Waals surface area (Å²) in [6.45, 7) is 2.94. The van der Waals surface area contributed by atoms with E-state index in [4.69, 9.17) is 23.2 Å². The highest BCUT2D eigenvalue weighted by atomic mass is 35.5. The number of rotatable bonds is 2. The highest BCUT2D eigenvalue weighted by Gasteiger charge is 2.11. The summed E-state index contributed by atoms with van der Waals surface area (Å²) in [7, 11) is 0. The van der Waals surface area contributed by atoms with Gasteiger partial charge in [-0.3, -0.25) is 0 Å². The molecule has 0 aliphatic heterocycles. The second-order valence-corrected chi connectivity index (χ2v) is 3.88. The fourth-order valence-corrected chi connectivity index (χ4v) is 1.13. The fraction of sp³-hybridized carbons (Fsp3) is 0.333. The topological polar surface area (TPSA) is 40.5 Å². The Bertz CT molecular complexity index is 358. The van der Waals surface area contributed by atoms with E-state index in [2.05, 4.69) is 23.7 Å². The molecule has 16 heavy (non-hydrogen) atoms. The van der Waals surface area contributed by atoms with Crippen molar-refractivity contribution in [2.24, 2.45) is 0 Å². The van der Waals surface area contributed by atoms with Crippen LogP contribution in [0.15, 0.2) is 23.2 Å². The number of halogens is 2. The van der Waals surface area contributed by atoms with Gasteiger partial charge in [0.05, 0.1) is 0 Å². The zero-order valence-electron chi connectivity index (χ0n) is 8.96. The van der Waals surface area contributed by atoms with Crippen molar-refractivity contribution in [1.82, 2.24) is 0 Å². The van der Waals surface area contributed by atoms with Crippen LogP contribution in [0.4, 0.5) is 0 Å². The molecule has 0 fully saturated rings. The first-order valence-electron chi connectivity index (χ1n) is 4.38. The summed E-state index contributed by atoms with van der Waals surface area (Å²) in [6, 6.07) is 0. The van der Waals surface area contributed by atoms with Crippen LogP contribution in [-0.2, 0) is 0 Å². The van der Waals surface area contributed by atoms with Gasteiger partial charge in [0.2, 0.25) is 0 Å². The van der Waals surface area contributed by atoms with Gasteiger partial charge in [-0.05, 0) is 37.8 Å². The van der Waals surface area contributed by atoms with Crippen molar-refractivity contribution in [2.75, 3.05) is 0 Å². The van der Waals surface area contributed by atoms with E-state index in [-0.39, 0.29) is 0 Å². The molecule has 0 saturated carbocycles. The van der Waals surface area contributed by atoms with Crippen LogP contribution >= 0.6 is 23.2 Å². The van der Waals surface area contributed by atoms with Gasteiger partial charge < -0.3 is 10.2 Å². The molecule has 0 heterocycles. The third kappa shape index (κ3) is 7.40. The molecule has 86 valence electrons. The van der Waals surface area contributed by atoms with Gasteiger partial charge in [0.15, 0.2) is 0 Å². The van der Waals surface area contributed by atoms with Crippen LogP contribution in [0, 0.1) is 23.7 Å². The number of hydrogen-bond donors (Lipinski definition) is 2. The maximum Gasteiger partial charge on any atom is 0.143 e. The lowest BCUT2D eigenvalue weighted by Crippen LogP contribution is -2.17. The second-order valence-electron chi connectivity index (χ2n) is 3.38. The molecule has 0 spiro atoms. The van der Waals surface area contributed by atoms with Crippen molar-refractivity contribution in [1.29, 1.82) is 0 Å². The molecule has 0 radical (unpaired) electrons. The van der Waals surface area contributed by atoms with Gasteiger partial charge in [-0.2, -0.15) is 0 Å². The van der Waals surface area contributed by atoms with Gasteiger partial charge in [-0.15, -0.1) is 0 Å². The number of hydrogen-bond acceptors (Lipinski definition) is 2. The molecule has 0 aromatic rings. The first-order chi connectivity index (χ1) is 7.33. The van der Waals surface area contributed by atoms with E-state index in [0.29, 0.717) is 0 Å². The Morgan fingerprint density at radius 3 is 1.44 bits per heavy atom. The van der Waals surface area contributed by atoms with Crippen molar-refractivity contribution < 1.29 is 10.2 Å². The quantitative estimate of drug-likeness (QED) is 0.744. The van der Waals surface area contributed by atoms with Crippen molar-refractivity contribution in [3.05, 3.63) is 23.2 Å². The Hall–Kier alpha value is -0.900. The predicted molar refractivity (Wildman–Crippen MR) is 66.8 cm³/mol. The zero-order valence-corrected chi connectivity index (χ0v) is 10.5. The Labute approximate surface area is 106 Å². The Morgan fingerprint density at radius 1 is 0.875 bits per heavy atom. The van der Waals surface area contributed by atoms with Gasteiger partial charge in [0, 0.05) is 11.1 Å². The van der Waals surface area contributed by atoms with E-state index in [1.54, 1.807) is 0 Å². The van der Waals surface area contributed by atoms with Gasteiger partial charge in [-0.25, -0.2) is 0 Å². The van der Waals surface area contributed by atoms with Gasteiger partial charge in [0.25, 0.3) is 0 Å². The molecular weight excluding hydrogens is 247 g/mol. The van der Waals surface area contributed by atoms with Crippen molar-refractivity contribution in [2.45, 2.75) is 25.0 Å². The molecule has 2 unspecified atom stereocenters. The standard InChI is InChI=1S/C12H12Cl2O2/c1-11(15,7-9-13)5-3-4-6-12(2,16)8-10-14/h7-10,15-16H,1-2H3/b9-7+,10-8+. The molecular formula is C12H12Cl2O2. The van der Waals surface area contributed by atoms with Crippen LogP contribution in [0.5, 0.6) is 0 Å². The van der Waals surface area contributed by atoms with Crippen molar-refractivity contribution >= 4 is 23.2 Å². The molecule has 0 aliphatic carbocycles. The van der Waals surface area contributed by atoms with Crippen LogP contribution in [0.1, 0.15) is 13.8 Å². The average Bonchev–Trinajstić information content (AvgIpc) is 2.12. The lowest BCUT2D eigenvalue weighted by atomic mass is 10.1. The molecule has 2 nitrogen and oxygen atoms in total. The molecule has 0 amide bonds. The summed E-state index contributed by atoms with van der Waals surface area (Å²) < 4.78 is 0. The van der Waals surface area contributed by atoms with E-state index < -0.39 is 11.2 Å². The van der Waals surface area contributed by atoms with Crippen LogP contribution < -0.4 is 0 Å². The van der Waals surface area contributed by atoms with Gasteiger partial charge in [0.1, 0.15) is 11.2 Å². The van der Waals surface area contributed by atoms with Gasteiger partial charge >= 0.3 is 0 Å². The Balaban J connectivity index is 4.70. The molecule has 0 bridgehead atoms. The smallest absolute Gasteiger partial charge is 0.143 e. The largest absolute Gasteiger partial charge is 0.374 e. The predicted octanol–water partition coefficient (Wildman–Crippen LogP) is 2.00. The minimum atomic E-state index is -1.33. The monoisotopic (exact) mass is 258 g/mol. The third-order valence-electron chi connectivity index (χ3n) is 1.47. The van der Waals surface area contributed by atoms with E-state index in [9.17, 15) is 10.2 Å². The minimum Gasteiger partial charge on any atom is -0.374 e. The van der Waals surface area contributed by atoms with E-state index >= 15 is 0 Å². The summed E-state index contributed by atoms with van der Waals surface area (Å²) in [6.07, 6.45) is 2.64. The van der Waals surface area contributed by atoms with E-state index in [0.717, 1.165) is 0 Å². The van der Waals surface area contributed by atoms with E-state index in [1.807, 2.05) is 0 Å². The summed E-state index contributed by atoms with van der Waals surface area (Å²) >= 11 is 10.6. The Kier molecular flexibility index (Phi) is 6.26. The van der Waals surface area contributed by atoms with Crippen molar-refractivity contribution in [3.63, 3.8) is 0 Å². The highest BCUT2D eigenvalue weighted by Crippen LogP contribution is 2.04. The summed E-state index contributed by atoms with van der Waals surface area (Å²) in [4.78, 5) is 0. The molecule has 2 atom stereocenters. The summed E-state index contributed by atoms with van der Waals surface area (Å²) in [5.74, 6) is 9.77. The molecule has 2 N–H and O–H groups in total. The third-order valence-corrected chi connectivity index (χ3v) is 1.72. The van der Waals surface area contributed by atoms with Crippen LogP contribution in [0.25, 0.3) is 0 Å². The molecule has 0 aromatic carbocycles. The lowest BCUT2D eigenvalue weighted by Gasteiger charge is -2.08. The minimum absolute atomic E-state index is 1.18. The molecule has 0 aromatic heterocycles. The molecule has 0 aliphatic rings. The van der Waals surface area contributed by atoms with Crippen LogP contribution in [0.2, 0.25) is 0 Å². The maximum atomic E-state index is 9.54. The fourth-order valence-electron chi connectivity index (χ4n) is 0.644. The first-order valence-corrected chi connectivity index (χ1v) is 5.25. The molecule has 0 saturated heterocycles. The zero-order chi connectivity index (χ0) is 12.7.